The third-order valence-corrected chi connectivity index (χ3v) is 0. The Labute approximate surface area is 122 Å². The zero-order valence-electron chi connectivity index (χ0n) is 2.22. The first-order valence-electron chi connectivity index (χ1n) is 0.333. The first kappa shape index (κ1) is 23.9. The van der Waals surface area contributed by atoms with Gasteiger partial charge in [-0.25, -0.2) is 0 Å². The third kappa shape index (κ3) is 18.8. The predicted octanol–water partition coefficient (Wildman–Crippen LogP) is 0.249. The molecule has 0 unspecified atom stereocenters. The van der Waals surface area contributed by atoms with E-state index in [2.05, 4.69) is 12.8 Å². The van der Waals surface area contributed by atoms with Gasteiger partial charge in [-0.05, 0) is 0 Å². The summed E-state index contributed by atoms with van der Waals surface area (Å²) in [6, 6.07) is 0. The average molecular weight is 146 g/mol. The van der Waals surface area contributed by atoms with Gasteiger partial charge in [0.25, 0.3) is 0 Å². The summed E-state index contributed by atoms with van der Waals surface area (Å²) in [4.78, 5) is 0. The summed E-state index contributed by atoms with van der Waals surface area (Å²) in [5.41, 5.74) is 0. The van der Waals surface area contributed by atoms with Gasteiger partial charge in [0.05, 0.1) is 0 Å². The average Bonchev–Trinajstić information content (AvgIpc) is 1.00. The molecule has 0 radical (unpaired) electrons. The largest absolute Gasteiger partial charge is 0.124 e. The number of rotatable bonds is 0. The Morgan fingerprint density at radius 2 is 0.600 bits per heavy atom. The van der Waals surface area contributed by atoms with Crippen LogP contribution in [-0.2, 0) is 0 Å². The Bertz CT molecular complexity index is 9.61. The summed E-state index contributed by atoms with van der Waals surface area (Å²) in [6.07, 6.45) is 8.00. The Morgan fingerprint density at radius 1 is 0.600 bits per heavy atom. The van der Waals surface area contributed by atoms with Gasteiger partial charge >= 0.3 is 0 Å². The molecule has 0 aromatic rings. The summed E-state index contributed by atoms with van der Waals surface area (Å²) in [5, 5.41) is 0. The van der Waals surface area contributed by atoms with E-state index >= 15 is 0 Å². The van der Waals surface area contributed by atoms with Gasteiger partial charge in [0.1, 0.15) is 0 Å². The molecule has 0 heterocycles. The van der Waals surface area contributed by atoms with E-state index in [1.165, 1.54) is 0 Å². The second-order valence-corrected chi connectivity index (χ2v) is 0. The second kappa shape index (κ2) is 26.5. The molecule has 0 nitrogen and oxygen atoms in total. The number of terminal acetylenes is 1. The molecule has 0 saturated carbocycles. The van der Waals surface area contributed by atoms with Crippen molar-refractivity contribution in [2.24, 2.45) is 0 Å². The van der Waals surface area contributed by atoms with E-state index in [-0.39, 0.29) is 113 Å². The van der Waals surface area contributed by atoms with Crippen molar-refractivity contribution < 1.29 is 113 Å². The molecule has 0 rings (SSSR count). The quantitative estimate of drug-likeness (QED) is 0.429. The molecule has 0 aromatic carbocycles. The summed E-state index contributed by atoms with van der Waals surface area (Å²) in [7, 11) is 0. The van der Waals surface area contributed by atoms with E-state index in [4.69, 9.17) is 0 Å². The molecule has 0 amide bonds. The molecule has 0 fully saturated rings. The van der Waals surface area contributed by atoms with Crippen molar-refractivity contribution in [1.82, 2.24) is 0 Å². The van der Waals surface area contributed by atoms with Crippen molar-refractivity contribution in [3.8, 4) is 12.8 Å². The van der Waals surface area contributed by atoms with Crippen LogP contribution in [0.1, 0.15) is 0 Å². The molecule has 0 saturated heterocycles. The molecular weight excluding hydrogens is 144 g/mol. The van der Waals surface area contributed by atoms with Gasteiger partial charge in [-0.15, -0.1) is 12.8 Å². The van der Waals surface area contributed by atoms with Crippen LogP contribution < -0.4 is 0 Å². The van der Waals surface area contributed by atoms with E-state index in [1.807, 2.05) is 0 Å². The van der Waals surface area contributed by atoms with Crippen LogP contribution >= 0.6 is 0 Å². The molecule has 0 aliphatic carbocycles. The molecule has 0 aromatic heterocycles. The Balaban J connectivity index is -0.00000000167. The van der Waals surface area contributed by atoms with Gasteiger partial charge in [0.2, 0.25) is 0 Å². The van der Waals surface area contributed by atoms with E-state index < -0.39 is 0 Å². The molecule has 0 bridgehead atoms. The number of hydrogen-bond donors (Lipinski definition) is 0. The molecule has 0 spiro atoms. The normalized spacial score (nSPS) is 0.400. The molecular formula is C2H2Ar3. The zero-order valence-corrected chi connectivity index (χ0v) is 4.34. The van der Waals surface area contributed by atoms with Crippen molar-refractivity contribution in [1.29, 1.82) is 0 Å². The second-order valence-electron chi connectivity index (χ2n) is 0. The SMILES string of the molecule is C#C.[Ar].[Ar].[Ar]. The Hall–Kier alpha value is 3.34. The minimum atomic E-state index is 0. The van der Waals surface area contributed by atoms with Crippen molar-refractivity contribution in [2.45, 2.75) is 0 Å². The molecule has 34 valence electrons. The van der Waals surface area contributed by atoms with Crippen molar-refractivity contribution in [3.05, 3.63) is 0 Å². The van der Waals surface area contributed by atoms with E-state index in [0.29, 0.717) is 0 Å². The van der Waals surface area contributed by atoms with Crippen molar-refractivity contribution in [3.63, 3.8) is 0 Å². The van der Waals surface area contributed by atoms with Crippen LogP contribution in [0, 0.1) is 126 Å². The first-order chi connectivity index (χ1) is 1.00. The van der Waals surface area contributed by atoms with Crippen LogP contribution in [-0.4, -0.2) is 0 Å². The van der Waals surface area contributed by atoms with Gasteiger partial charge in [-0.3, -0.25) is 0 Å². The zero-order chi connectivity index (χ0) is 2.00. The maximum Gasteiger partial charge on any atom is 0 e. The molecule has 3 heteroatoms. The van der Waals surface area contributed by atoms with Crippen LogP contribution in [0.5, 0.6) is 0 Å². The van der Waals surface area contributed by atoms with Crippen LogP contribution in [0.25, 0.3) is 0 Å². The number of hydrogen-bond acceptors (Lipinski definition) is 0. The fraction of sp³-hybridized carbons (Fsp3) is 0. The monoisotopic (exact) mass is 146 g/mol. The van der Waals surface area contributed by atoms with Gasteiger partial charge in [0, 0.05) is 113 Å². The minimum Gasteiger partial charge on any atom is -0.124 e. The third-order valence-electron chi connectivity index (χ3n) is 0. The summed E-state index contributed by atoms with van der Waals surface area (Å²) in [5.74, 6) is 0. The maximum absolute atomic E-state index is 4.00. The Kier molecular flexibility index (Phi) is 126. The van der Waals surface area contributed by atoms with Crippen LogP contribution in [0.15, 0.2) is 0 Å². The standard InChI is InChI=1S/C2H2.3Ar/c1-2;;;/h1-2H;;;. The summed E-state index contributed by atoms with van der Waals surface area (Å²) < 4.78 is 0. The smallest absolute Gasteiger partial charge is 0 e. The van der Waals surface area contributed by atoms with Gasteiger partial charge in [-0.1, -0.05) is 0 Å². The maximum atomic E-state index is 4.00. The molecule has 0 aliphatic heterocycles. The van der Waals surface area contributed by atoms with E-state index in [1.54, 1.807) is 0 Å². The van der Waals surface area contributed by atoms with E-state index in [9.17, 15) is 0 Å². The van der Waals surface area contributed by atoms with Gasteiger partial charge in [0.15, 0.2) is 0 Å². The van der Waals surface area contributed by atoms with Crippen molar-refractivity contribution in [2.75, 3.05) is 0 Å². The first-order valence-corrected chi connectivity index (χ1v) is 0.333. The molecule has 5 heavy (non-hydrogen) atoms. The van der Waals surface area contributed by atoms with Gasteiger partial charge < -0.3 is 0 Å². The fourth-order valence-electron chi connectivity index (χ4n) is 0. The van der Waals surface area contributed by atoms with Gasteiger partial charge in [-0.2, -0.15) is 0 Å². The Morgan fingerprint density at radius 3 is 0.600 bits per heavy atom. The van der Waals surface area contributed by atoms with E-state index in [0.717, 1.165) is 0 Å². The fourth-order valence-corrected chi connectivity index (χ4v) is 0. The molecule has 0 aliphatic rings. The predicted molar refractivity (Wildman–Crippen MR) is 9.89 cm³/mol. The molecule has 0 atom stereocenters. The topological polar surface area (TPSA) is 0 Å². The van der Waals surface area contributed by atoms with Crippen LogP contribution in [0.4, 0.5) is 0 Å². The minimum absolute atomic E-state index is 0. The van der Waals surface area contributed by atoms with Crippen LogP contribution in [0.2, 0.25) is 0 Å². The summed E-state index contributed by atoms with van der Waals surface area (Å²) >= 11 is 0. The van der Waals surface area contributed by atoms with Crippen molar-refractivity contribution >= 4 is 0 Å². The summed E-state index contributed by atoms with van der Waals surface area (Å²) in [6.45, 7) is 0. The molecule has 0 N–H and O–H groups in total. The van der Waals surface area contributed by atoms with Crippen LogP contribution in [0.3, 0.4) is 0 Å².